The standard InChI is InChI=1S/C24H27FN8O2/c1-3-18-26-16-6-4-5-7-17(16)33(18)24-28-20-19(21(29-24)31-10-12-35-13-11-31)27-22(30(20)2)23(34)32-9-8-15(25)14-32/h4-7,15H,3,8-14H2,1-2H3. The van der Waals surface area contributed by atoms with Crippen LogP contribution in [-0.4, -0.2) is 85.4 Å². The Balaban J connectivity index is 1.56. The molecule has 2 saturated heterocycles. The molecule has 10 nitrogen and oxygen atoms in total. The Bertz CT molecular complexity index is 1420. The summed E-state index contributed by atoms with van der Waals surface area (Å²) in [6.45, 7) is 5.01. The van der Waals surface area contributed by atoms with Gasteiger partial charge in [0.05, 0.1) is 30.8 Å². The Labute approximate surface area is 201 Å². The summed E-state index contributed by atoms with van der Waals surface area (Å²) in [6.07, 6.45) is 0.0646. The van der Waals surface area contributed by atoms with E-state index in [0.717, 1.165) is 16.9 Å². The summed E-state index contributed by atoms with van der Waals surface area (Å²) in [5.74, 6) is 1.94. The number of morpholine rings is 1. The SMILES string of the molecule is CCc1nc2ccccc2n1-c1nc(N2CCOCC2)c2nc(C(=O)N3CCC(F)C3)n(C)c2n1. The van der Waals surface area contributed by atoms with Crippen molar-refractivity contribution in [3.8, 4) is 5.95 Å². The lowest BCUT2D eigenvalue weighted by atomic mass is 10.3. The number of rotatable bonds is 4. The first-order chi connectivity index (χ1) is 17.0. The van der Waals surface area contributed by atoms with Crippen molar-refractivity contribution in [2.75, 3.05) is 44.3 Å². The predicted octanol–water partition coefficient (Wildman–Crippen LogP) is 2.29. The molecule has 1 unspecified atom stereocenters. The van der Waals surface area contributed by atoms with E-state index in [0.29, 0.717) is 68.6 Å². The van der Waals surface area contributed by atoms with Gasteiger partial charge in [-0.15, -0.1) is 0 Å². The summed E-state index contributed by atoms with van der Waals surface area (Å²) in [7, 11) is 1.78. The molecule has 1 aromatic carbocycles. The molecule has 0 saturated carbocycles. The van der Waals surface area contributed by atoms with Crippen LogP contribution in [0.4, 0.5) is 10.2 Å². The van der Waals surface area contributed by atoms with Crippen molar-refractivity contribution >= 4 is 33.9 Å². The molecule has 0 radical (unpaired) electrons. The smallest absolute Gasteiger partial charge is 0.290 e. The largest absolute Gasteiger partial charge is 0.378 e. The van der Waals surface area contributed by atoms with E-state index in [1.165, 1.54) is 4.90 Å². The second kappa shape index (κ2) is 8.56. The number of hydrogen-bond donors (Lipinski definition) is 0. The number of hydrogen-bond acceptors (Lipinski definition) is 7. The highest BCUT2D eigenvalue weighted by atomic mass is 19.1. The first-order valence-electron chi connectivity index (χ1n) is 12.0. The van der Waals surface area contributed by atoms with Gasteiger partial charge in [-0.05, 0) is 18.6 Å². The summed E-state index contributed by atoms with van der Waals surface area (Å²) in [5, 5.41) is 0. The van der Waals surface area contributed by atoms with Crippen LogP contribution in [-0.2, 0) is 18.2 Å². The van der Waals surface area contributed by atoms with E-state index in [9.17, 15) is 9.18 Å². The number of nitrogens with zero attached hydrogens (tertiary/aromatic N) is 8. The molecule has 5 heterocycles. The number of anilines is 1. The van der Waals surface area contributed by atoms with Gasteiger partial charge in [0.25, 0.3) is 5.91 Å². The van der Waals surface area contributed by atoms with Crippen LogP contribution in [0.2, 0.25) is 0 Å². The molecule has 0 spiro atoms. The molecular formula is C24H27FN8O2. The summed E-state index contributed by atoms with van der Waals surface area (Å²) < 4.78 is 23.0. The van der Waals surface area contributed by atoms with Crippen LogP contribution in [0.5, 0.6) is 0 Å². The lowest BCUT2D eigenvalue weighted by Crippen LogP contribution is -2.37. The quantitative estimate of drug-likeness (QED) is 0.444. The van der Waals surface area contributed by atoms with Crippen LogP contribution in [0.1, 0.15) is 29.8 Å². The topological polar surface area (TPSA) is 94.2 Å². The van der Waals surface area contributed by atoms with Crippen molar-refractivity contribution in [2.45, 2.75) is 25.9 Å². The number of fused-ring (bicyclic) bond motifs is 2. The molecule has 4 aromatic rings. The zero-order valence-corrected chi connectivity index (χ0v) is 19.8. The van der Waals surface area contributed by atoms with Gasteiger partial charge in [-0.2, -0.15) is 9.97 Å². The monoisotopic (exact) mass is 478 g/mol. The molecule has 2 aliphatic rings. The van der Waals surface area contributed by atoms with E-state index < -0.39 is 6.17 Å². The number of aryl methyl sites for hydroxylation is 2. The third-order valence-electron chi connectivity index (χ3n) is 6.75. The van der Waals surface area contributed by atoms with Gasteiger partial charge in [-0.25, -0.2) is 14.4 Å². The van der Waals surface area contributed by atoms with E-state index in [4.69, 9.17) is 24.7 Å². The number of carbonyl (C=O) groups excluding carboxylic acids is 1. The molecule has 182 valence electrons. The van der Waals surface area contributed by atoms with Gasteiger partial charge in [0.1, 0.15) is 12.0 Å². The Morgan fingerprint density at radius 3 is 2.66 bits per heavy atom. The molecule has 35 heavy (non-hydrogen) atoms. The van der Waals surface area contributed by atoms with E-state index >= 15 is 0 Å². The van der Waals surface area contributed by atoms with Gasteiger partial charge in [-0.1, -0.05) is 19.1 Å². The Morgan fingerprint density at radius 2 is 1.91 bits per heavy atom. The lowest BCUT2D eigenvalue weighted by molar-refractivity contribution is 0.0767. The van der Waals surface area contributed by atoms with Crippen molar-refractivity contribution < 1.29 is 13.9 Å². The molecule has 6 rings (SSSR count). The van der Waals surface area contributed by atoms with Gasteiger partial charge >= 0.3 is 0 Å². The number of imidazole rings is 2. The van der Waals surface area contributed by atoms with Crippen LogP contribution in [0.3, 0.4) is 0 Å². The minimum absolute atomic E-state index is 0.0934. The van der Waals surface area contributed by atoms with E-state index in [-0.39, 0.29) is 18.3 Å². The summed E-state index contributed by atoms with van der Waals surface area (Å²) in [6, 6.07) is 7.90. The summed E-state index contributed by atoms with van der Waals surface area (Å²) in [5.41, 5.74) is 2.90. The Hall–Kier alpha value is -3.60. The van der Waals surface area contributed by atoms with Crippen LogP contribution in [0, 0.1) is 0 Å². The van der Waals surface area contributed by atoms with E-state index in [1.54, 1.807) is 11.6 Å². The number of para-hydroxylation sites is 2. The van der Waals surface area contributed by atoms with Crippen molar-refractivity contribution in [1.82, 2.24) is 34.0 Å². The fourth-order valence-electron chi connectivity index (χ4n) is 4.90. The van der Waals surface area contributed by atoms with E-state index in [2.05, 4.69) is 4.90 Å². The molecule has 0 bridgehead atoms. The molecule has 1 amide bonds. The fraction of sp³-hybridized carbons (Fsp3) is 0.458. The number of halogens is 1. The number of ether oxygens (including phenoxy) is 1. The molecule has 11 heteroatoms. The van der Waals surface area contributed by atoms with Gasteiger partial charge in [0, 0.05) is 33.1 Å². The van der Waals surface area contributed by atoms with Gasteiger partial charge in [0.15, 0.2) is 17.0 Å². The minimum atomic E-state index is -0.995. The Morgan fingerprint density at radius 1 is 1.11 bits per heavy atom. The zero-order valence-electron chi connectivity index (χ0n) is 19.8. The zero-order chi connectivity index (χ0) is 24.1. The maximum Gasteiger partial charge on any atom is 0.290 e. The average molecular weight is 479 g/mol. The molecule has 2 aliphatic heterocycles. The normalized spacial score (nSPS) is 18.8. The van der Waals surface area contributed by atoms with Crippen molar-refractivity contribution in [3.63, 3.8) is 0 Å². The van der Waals surface area contributed by atoms with Gasteiger partial charge in [0.2, 0.25) is 11.8 Å². The van der Waals surface area contributed by atoms with Crippen molar-refractivity contribution in [3.05, 3.63) is 35.9 Å². The highest BCUT2D eigenvalue weighted by molar-refractivity contribution is 5.96. The highest BCUT2D eigenvalue weighted by Gasteiger charge is 2.31. The summed E-state index contributed by atoms with van der Waals surface area (Å²) >= 11 is 0. The molecule has 2 fully saturated rings. The lowest BCUT2D eigenvalue weighted by Gasteiger charge is -2.28. The third-order valence-corrected chi connectivity index (χ3v) is 6.75. The van der Waals surface area contributed by atoms with Gasteiger partial charge < -0.3 is 19.1 Å². The highest BCUT2D eigenvalue weighted by Crippen LogP contribution is 2.29. The molecule has 0 N–H and O–H groups in total. The second-order valence-electron chi connectivity index (χ2n) is 8.96. The fourth-order valence-corrected chi connectivity index (χ4v) is 4.90. The molecule has 0 aliphatic carbocycles. The van der Waals surface area contributed by atoms with Crippen molar-refractivity contribution in [2.24, 2.45) is 7.05 Å². The molecule has 1 atom stereocenters. The third kappa shape index (κ3) is 3.61. The van der Waals surface area contributed by atoms with Gasteiger partial charge in [-0.3, -0.25) is 9.36 Å². The number of carbonyl (C=O) groups is 1. The van der Waals surface area contributed by atoms with Crippen LogP contribution >= 0.6 is 0 Å². The van der Waals surface area contributed by atoms with Crippen LogP contribution in [0.15, 0.2) is 24.3 Å². The number of alkyl halides is 1. The molecule has 3 aromatic heterocycles. The molecular weight excluding hydrogens is 451 g/mol. The minimum Gasteiger partial charge on any atom is -0.378 e. The summed E-state index contributed by atoms with van der Waals surface area (Å²) in [4.78, 5) is 36.2. The Kier molecular flexibility index (Phi) is 5.36. The van der Waals surface area contributed by atoms with Crippen molar-refractivity contribution in [1.29, 1.82) is 0 Å². The maximum atomic E-state index is 13.8. The first kappa shape index (κ1) is 21.9. The maximum absolute atomic E-state index is 13.8. The second-order valence-corrected chi connectivity index (χ2v) is 8.96. The number of likely N-dealkylation sites (tertiary alicyclic amines) is 1. The predicted molar refractivity (Wildman–Crippen MR) is 129 cm³/mol. The number of amides is 1. The van der Waals surface area contributed by atoms with Crippen LogP contribution in [0.25, 0.3) is 28.1 Å². The number of benzene rings is 1. The van der Waals surface area contributed by atoms with E-state index in [1.807, 2.05) is 35.8 Å². The number of aromatic nitrogens is 6. The first-order valence-corrected chi connectivity index (χ1v) is 12.0. The van der Waals surface area contributed by atoms with Crippen LogP contribution < -0.4 is 4.90 Å². The average Bonchev–Trinajstić information content (AvgIpc) is 3.58.